The molecule has 2 heteroatoms. The van der Waals surface area contributed by atoms with Gasteiger partial charge in [-0.1, -0.05) is 6.92 Å². The van der Waals surface area contributed by atoms with Crippen LogP contribution in [0.3, 0.4) is 0 Å². The molecular formula is C6H13FO. The number of hydrogen-bond donors (Lipinski definition) is 0. The fourth-order valence-corrected chi connectivity index (χ4v) is 0.507. The summed E-state index contributed by atoms with van der Waals surface area (Å²) in [6.07, 6.45) is 0.602. The molecule has 0 unspecified atom stereocenters. The third-order valence-corrected chi connectivity index (χ3v) is 1.03. The topological polar surface area (TPSA) is 9.23 Å². The molecule has 0 fully saturated rings. The first-order valence-corrected chi connectivity index (χ1v) is 3.02. The summed E-state index contributed by atoms with van der Waals surface area (Å²) in [5, 5.41) is 0. The summed E-state index contributed by atoms with van der Waals surface area (Å²) in [6, 6.07) is 0. The second kappa shape index (κ2) is 5.04. The van der Waals surface area contributed by atoms with E-state index in [4.69, 9.17) is 4.74 Å². The molecule has 0 saturated heterocycles. The van der Waals surface area contributed by atoms with E-state index in [0.717, 1.165) is 6.42 Å². The highest BCUT2D eigenvalue weighted by Gasteiger charge is 2.01. The Morgan fingerprint density at radius 1 is 1.50 bits per heavy atom. The smallest absolute Gasteiger partial charge is 0.116 e. The van der Waals surface area contributed by atoms with Gasteiger partial charge in [0.25, 0.3) is 0 Å². The van der Waals surface area contributed by atoms with Crippen molar-refractivity contribution in [3.8, 4) is 0 Å². The second-order valence-corrected chi connectivity index (χ2v) is 1.64. The standard InChI is InChI=1S/C6H13FO/c1-3-6(5-7)8-4-2/h6H,3-5H2,1-2H3/t6-/m0/s1. The fourth-order valence-electron chi connectivity index (χ4n) is 0.507. The highest BCUT2D eigenvalue weighted by Crippen LogP contribution is 1.96. The van der Waals surface area contributed by atoms with E-state index in [1.54, 1.807) is 0 Å². The van der Waals surface area contributed by atoms with E-state index >= 15 is 0 Å². The van der Waals surface area contributed by atoms with Crippen molar-refractivity contribution in [1.82, 2.24) is 0 Å². The molecule has 0 aromatic rings. The fraction of sp³-hybridized carbons (Fsp3) is 1.00. The van der Waals surface area contributed by atoms with Crippen LogP contribution >= 0.6 is 0 Å². The molecule has 1 nitrogen and oxygen atoms in total. The van der Waals surface area contributed by atoms with Crippen molar-refractivity contribution in [2.45, 2.75) is 26.4 Å². The maximum atomic E-state index is 11.7. The Morgan fingerprint density at radius 2 is 2.12 bits per heavy atom. The molecule has 0 spiro atoms. The van der Waals surface area contributed by atoms with Crippen molar-refractivity contribution in [2.24, 2.45) is 0 Å². The van der Waals surface area contributed by atoms with E-state index in [9.17, 15) is 4.39 Å². The molecule has 0 aliphatic heterocycles. The molecule has 0 aromatic carbocycles. The summed E-state index contributed by atoms with van der Waals surface area (Å²) in [7, 11) is 0. The summed E-state index contributed by atoms with van der Waals surface area (Å²) in [6.45, 7) is 4.05. The van der Waals surface area contributed by atoms with Gasteiger partial charge in [0.2, 0.25) is 0 Å². The first kappa shape index (κ1) is 7.89. The molecule has 1 atom stereocenters. The lowest BCUT2D eigenvalue weighted by Crippen LogP contribution is -2.13. The molecule has 0 radical (unpaired) electrons. The van der Waals surface area contributed by atoms with Gasteiger partial charge in [-0.3, -0.25) is 0 Å². The van der Waals surface area contributed by atoms with E-state index < -0.39 is 0 Å². The molecule has 0 rings (SSSR count). The lowest BCUT2D eigenvalue weighted by Gasteiger charge is -2.08. The molecule has 0 bridgehead atoms. The molecule has 0 saturated carbocycles. The lowest BCUT2D eigenvalue weighted by atomic mass is 10.3. The third-order valence-electron chi connectivity index (χ3n) is 1.03. The highest BCUT2D eigenvalue weighted by atomic mass is 19.1. The van der Waals surface area contributed by atoms with Crippen molar-refractivity contribution in [3.05, 3.63) is 0 Å². The maximum absolute atomic E-state index is 11.7. The summed E-state index contributed by atoms with van der Waals surface area (Å²) in [5.74, 6) is 0. The maximum Gasteiger partial charge on any atom is 0.116 e. The van der Waals surface area contributed by atoms with Crippen LogP contribution in [0.15, 0.2) is 0 Å². The largest absolute Gasteiger partial charge is 0.376 e. The molecule has 50 valence electrons. The number of alkyl halides is 1. The van der Waals surface area contributed by atoms with E-state index in [2.05, 4.69) is 0 Å². The molecule has 0 amide bonds. The molecule has 0 aromatic heterocycles. The van der Waals surface area contributed by atoms with E-state index in [1.165, 1.54) is 0 Å². The van der Waals surface area contributed by atoms with Gasteiger partial charge in [0, 0.05) is 6.61 Å². The van der Waals surface area contributed by atoms with Crippen LogP contribution in [-0.2, 0) is 4.74 Å². The summed E-state index contributed by atoms with van der Waals surface area (Å²) >= 11 is 0. The predicted molar refractivity (Wildman–Crippen MR) is 31.7 cm³/mol. The number of halogens is 1. The Hall–Kier alpha value is -0.110. The first-order valence-electron chi connectivity index (χ1n) is 3.02. The predicted octanol–water partition coefficient (Wildman–Crippen LogP) is 1.77. The van der Waals surface area contributed by atoms with E-state index in [-0.39, 0.29) is 12.8 Å². The van der Waals surface area contributed by atoms with Crippen molar-refractivity contribution >= 4 is 0 Å². The van der Waals surface area contributed by atoms with Crippen LogP contribution in [0.1, 0.15) is 20.3 Å². The minimum absolute atomic E-state index is 0.167. The number of hydrogen-bond acceptors (Lipinski definition) is 1. The van der Waals surface area contributed by atoms with Crippen molar-refractivity contribution in [2.75, 3.05) is 13.3 Å². The van der Waals surface area contributed by atoms with Gasteiger partial charge in [-0.25, -0.2) is 4.39 Å². The molecule has 0 N–H and O–H groups in total. The van der Waals surface area contributed by atoms with Gasteiger partial charge in [-0.05, 0) is 13.3 Å². The van der Waals surface area contributed by atoms with Crippen LogP contribution in [0.4, 0.5) is 4.39 Å². The van der Waals surface area contributed by atoms with Gasteiger partial charge in [-0.15, -0.1) is 0 Å². The summed E-state index contributed by atoms with van der Waals surface area (Å²) in [4.78, 5) is 0. The number of ether oxygens (including phenoxy) is 1. The minimum Gasteiger partial charge on any atom is -0.376 e. The van der Waals surface area contributed by atoms with Gasteiger partial charge >= 0.3 is 0 Å². The average Bonchev–Trinajstić information content (AvgIpc) is 1.83. The summed E-state index contributed by atoms with van der Waals surface area (Å²) in [5.41, 5.74) is 0. The minimum atomic E-state index is -0.357. The van der Waals surface area contributed by atoms with Gasteiger partial charge in [-0.2, -0.15) is 0 Å². The highest BCUT2D eigenvalue weighted by molar-refractivity contribution is 4.49. The van der Waals surface area contributed by atoms with Crippen LogP contribution in [-0.4, -0.2) is 19.4 Å². The molecule has 0 aliphatic rings. The second-order valence-electron chi connectivity index (χ2n) is 1.64. The van der Waals surface area contributed by atoms with Crippen LogP contribution in [0, 0.1) is 0 Å². The Kier molecular flexibility index (Phi) is 4.97. The van der Waals surface area contributed by atoms with E-state index in [1.807, 2.05) is 13.8 Å². The van der Waals surface area contributed by atoms with Crippen molar-refractivity contribution in [1.29, 1.82) is 0 Å². The van der Waals surface area contributed by atoms with Gasteiger partial charge < -0.3 is 4.74 Å². The molecule has 8 heavy (non-hydrogen) atoms. The Morgan fingerprint density at radius 3 is 2.25 bits per heavy atom. The number of rotatable bonds is 4. The zero-order valence-electron chi connectivity index (χ0n) is 5.48. The van der Waals surface area contributed by atoms with Gasteiger partial charge in [0.15, 0.2) is 0 Å². The molecule has 0 aliphatic carbocycles. The van der Waals surface area contributed by atoms with Crippen LogP contribution < -0.4 is 0 Å². The lowest BCUT2D eigenvalue weighted by molar-refractivity contribution is 0.0421. The van der Waals surface area contributed by atoms with E-state index in [0.29, 0.717) is 6.61 Å². The van der Waals surface area contributed by atoms with Gasteiger partial charge in [0.05, 0.1) is 6.10 Å². The van der Waals surface area contributed by atoms with Crippen LogP contribution in [0.25, 0.3) is 0 Å². The Bertz CT molecular complexity index is 43.8. The van der Waals surface area contributed by atoms with Crippen molar-refractivity contribution in [3.63, 3.8) is 0 Å². The normalized spacial score (nSPS) is 13.9. The van der Waals surface area contributed by atoms with Crippen molar-refractivity contribution < 1.29 is 9.13 Å². The average molecular weight is 120 g/mol. The molecule has 0 heterocycles. The molecular weight excluding hydrogens is 107 g/mol. The quantitative estimate of drug-likeness (QED) is 0.549. The first-order chi connectivity index (χ1) is 3.85. The zero-order valence-corrected chi connectivity index (χ0v) is 5.48. The SMILES string of the molecule is CCO[C@@H](CC)CF. The Balaban J connectivity index is 3.07. The third kappa shape index (κ3) is 2.97. The van der Waals surface area contributed by atoms with Crippen LogP contribution in [0.2, 0.25) is 0 Å². The Labute approximate surface area is 49.8 Å². The van der Waals surface area contributed by atoms with Crippen LogP contribution in [0.5, 0.6) is 0 Å². The zero-order chi connectivity index (χ0) is 6.41. The monoisotopic (exact) mass is 120 g/mol. The van der Waals surface area contributed by atoms with Gasteiger partial charge in [0.1, 0.15) is 6.67 Å². The summed E-state index contributed by atoms with van der Waals surface area (Å²) < 4.78 is 16.7.